The molecule has 0 radical (unpaired) electrons. The zero-order valence-corrected chi connectivity index (χ0v) is 9.79. The minimum absolute atomic E-state index is 0.00104. The fraction of sp³-hybridized carbons (Fsp3) is 0.200. The van der Waals surface area contributed by atoms with Gasteiger partial charge in [0.2, 0.25) is 0 Å². The number of phenolic OH excluding ortho intramolecular Hbond substituents is 1. The monoisotopic (exact) mass is 259 g/mol. The van der Waals surface area contributed by atoms with Gasteiger partial charge in [0.05, 0.1) is 17.5 Å². The number of hydrogen-bond donors (Lipinski definition) is 2. The summed E-state index contributed by atoms with van der Waals surface area (Å²) in [6.45, 7) is 0. The normalized spacial score (nSPS) is 22.2. The minimum Gasteiger partial charge on any atom is -0.506 e. The first-order valence-electron chi connectivity index (χ1n) is 4.62. The Morgan fingerprint density at radius 2 is 2.19 bits per heavy atom. The fourth-order valence-corrected chi connectivity index (χ4v) is 2.90. The quantitative estimate of drug-likeness (QED) is 0.795. The number of nitrogens with one attached hydrogen (secondary N) is 1. The van der Waals surface area contributed by atoms with Crippen LogP contribution in [0.2, 0.25) is 5.02 Å². The Kier molecular flexibility index (Phi) is 2.82. The molecule has 0 bridgehead atoms. The van der Waals surface area contributed by atoms with E-state index in [-0.39, 0.29) is 17.5 Å². The summed E-state index contributed by atoms with van der Waals surface area (Å²) in [6, 6.07) is 4.24. The van der Waals surface area contributed by atoms with Crippen LogP contribution in [0, 0.1) is 0 Å². The molecule has 0 amide bonds. The van der Waals surface area contributed by atoms with Crippen LogP contribution in [0.25, 0.3) is 0 Å². The first-order chi connectivity index (χ1) is 7.46. The molecule has 1 heterocycles. The van der Waals surface area contributed by atoms with Crippen molar-refractivity contribution in [2.75, 3.05) is 11.1 Å². The van der Waals surface area contributed by atoms with Gasteiger partial charge >= 0.3 is 0 Å². The van der Waals surface area contributed by atoms with Crippen molar-refractivity contribution in [1.82, 2.24) is 0 Å². The highest BCUT2D eigenvalue weighted by Gasteiger charge is 2.22. The van der Waals surface area contributed by atoms with Crippen LogP contribution in [0.5, 0.6) is 5.75 Å². The molecule has 4 nitrogen and oxygen atoms in total. The van der Waals surface area contributed by atoms with Crippen LogP contribution in [0.4, 0.5) is 5.69 Å². The van der Waals surface area contributed by atoms with Crippen molar-refractivity contribution in [3.05, 3.63) is 34.7 Å². The Morgan fingerprint density at radius 3 is 2.81 bits per heavy atom. The third-order valence-corrected chi connectivity index (χ3v) is 3.86. The molecule has 86 valence electrons. The second-order valence-electron chi connectivity index (χ2n) is 3.57. The first kappa shape index (κ1) is 11.3. The maximum absolute atomic E-state index is 11.2. The van der Waals surface area contributed by atoms with Gasteiger partial charge in [0.15, 0.2) is 9.84 Å². The van der Waals surface area contributed by atoms with E-state index in [1.54, 1.807) is 18.2 Å². The lowest BCUT2D eigenvalue weighted by atomic mass is 10.2. The van der Waals surface area contributed by atoms with Crippen LogP contribution < -0.4 is 5.32 Å². The second-order valence-corrected chi connectivity index (χ2v) is 5.94. The van der Waals surface area contributed by atoms with Crippen molar-refractivity contribution in [3.8, 4) is 5.75 Å². The number of rotatable bonds is 2. The molecule has 2 rings (SSSR count). The van der Waals surface area contributed by atoms with Crippen LogP contribution >= 0.6 is 11.6 Å². The molecule has 16 heavy (non-hydrogen) atoms. The van der Waals surface area contributed by atoms with Crippen molar-refractivity contribution in [3.63, 3.8) is 0 Å². The average molecular weight is 260 g/mol. The summed E-state index contributed by atoms with van der Waals surface area (Å²) in [6.07, 6.45) is 1.55. The second kappa shape index (κ2) is 3.99. The van der Waals surface area contributed by atoms with E-state index in [1.165, 1.54) is 11.5 Å². The molecule has 0 spiro atoms. The highest BCUT2D eigenvalue weighted by Crippen LogP contribution is 2.28. The Labute approximate surface area is 98.5 Å². The molecule has 0 aliphatic carbocycles. The maximum atomic E-state index is 11.2. The van der Waals surface area contributed by atoms with Crippen molar-refractivity contribution in [1.29, 1.82) is 0 Å². The highest BCUT2D eigenvalue weighted by atomic mass is 35.5. The van der Waals surface area contributed by atoms with E-state index in [0.717, 1.165) is 0 Å². The van der Waals surface area contributed by atoms with E-state index in [4.69, 9.17) is 11.6 Å². The van der Waals surface area contributed by atoms with Crippen molar-refractivity contribution in [2.24, 2.45) is 0 Å². The first-order valence-corrected chi connectivity index (χ1v) is 6.72. The molecular formula is C10H10ClNO3S. The molecule has 0 saturated carbocycles. The topological polar surface area (TPSA) is 66.4 Å². The predicted octanol–water partition coefficient (Wildman–Crippen LogP) is 1.77. The maximum Gasteiger partial charge on any atom is 0.173 e. The Balaban J connectivity index is 2.17. The third kappa shape index (κ3) is 2.48. The smallest absolute Gasteiger partial charge is 0.173 e. The van der Waals surface area contributed by atoms with Crippen LogP contribution in [-0.4, -0.2) is 25.3 Å². The summed E-state index contributed by atoms with van der Waals surface area (Å²) in [5.41, 5.74) is 0.430. The van der Waals surface area contributed by atoms with Gasteiger partial charge in [0, 0.05) is 10.4 Å². The average Bonchev–Trinajstić information content (AvgIpc) is 2.52. The lowest BCUT2D eigenvalue weighted by molar-refractivity contribution is 0.477. The summed E-state index contributed by atoms with van der Waals surface area (Å²) in [5, 5.41) is 14.1. The van der Waals surface area contributed by atoms with E-state index in [2.05, 4.69) is 5.32 Å². The molecule has 1 aromatic rings. The van der Waals surface area contributed by atoms with E-state index >= 15 is 0 Å². The zero-order chi connectivity index (χ0) is 11.8. The van der Waals surface area contributed by atoms with Gasteiger partial charge in [-0.25, -0.2) is 8.42 Å². The number of halogens is 1. The van der Waals surface area contributed by atoms with Crippen molar-refractivity contribution in [2.45, 2.75) is 6.04 Å². The van der Waals surface area contributed by atoms with E-state index in [9.17, 15) is 13.5 Å². The van der Waals surface area contributed by atoms with Gasteiger partial charge < -0.3 is 10.4 Å². The summed E-state index contributed by atoms with van der Waals surface area (Å²) in [5.74, 6) is 0.0426. The van der Waals surface area contributed by atoms with Crippen molar-refractivity contribution >= 4 is 27.1 Å². The molecule has 1 aliphatic rings. The van der Waals surface area contributed by atoms with E-state index < -0.39 is 9.84 Å². The van der Waals surface area contributed by atoms with Crippen LogP contribution in [-0.2, 0) is 9.84 Å². The Bertz CT molecular complexity index is 539. The van der Waals surface area contributed by atoms with E-state index in [1.807, 2.05) is 0 Å². The summed E-state index contributed by atoms with van der Waals surface area (Å²) in [4.78, 5) is 0. The predicted molar refractivity (Wildman–Crippen MR) is 63.5 cm³/mol. The van der Waals surface area contributed by atoms with Crippen LogP contribution in [0.1, 0.15) is 0 Å². The van der Waals surface area contributed by atoms with E-state index in [0.29, 0.717) is 10.7 Å². The minimum atomic E-state index is -3.10. The molecule has 0 unspecified atom stereocenters. The summed E-state index contributed by atoms with van der Waals surface area (Å²) in [7, 11) is -3.10. The molecule has 2 N–H and O–H groups in total. The largest absolute Gasteiger partial charge is 0.506 e. The molecule has 6 heteroatoms. The number of benzene rings is 1. The van der Waals surface area contributed by atoms with Crippen molar-refractivity contribution < 1.29 is 13.5 Å². The van der Waals surface area contributed by atoms with Gasteiger partial charge in [-0.05, 0) is 18.2 Å². The molecule has 1 aliphatic heterocycles. The number of hydrogen-bond acceptors (Lipinski definition) is 4. The summed E-state index contributed by atoms with van der Waals surface area (Å²) >= 11 is 5.77. The van der Waals surface area contributed by atoms with Crippen LogP contribution in [0.3, 0.4) is 0 Å². The molecule has 1 aromatic carbocycles. The standard InChI is InChI=1S/C10H10ClNO3S/c11-7-1-2-10(13)9(5-7)12-8-3-4-16(14,15)6-8/h1-5,8,12-13H,6H2/t8-/m1/s1. The SMILES string of the molecule is O=S1(=O)C=C[C@@H](Nc2cc(Cl)ccc2O)C1. The Morgan fingerprint density at radius 1 is 1.44 bits per heavy atom. The number of aromatic hydroxyl groups is 1. The number of sulfone groups is 1. The molecule has 1 atom stereocenters. The lowest BCUT2D eigenvalue weighted by Crippen LogP contribution is -2.20. The Hall–Kier alpha value is -1.20. The highest BCUT2D eigenvalue weighted by molar-refractivity contribution is 7.94. The van der Waals surface area contributed by atoms with Crippen LogP contribution in [0.15, 0.2) is 29.7 Å². The van der Waals surface area contributed by atoms with Gasteiger partial charge in [-0.2, -0.15) is 0 Å². The van der Waals surface area contributed by atoms with Gasteiger partial charge in [-0.3, -0.25) is 0 Å². The van der Waals surface area contributed by atoms with Gasteiger partial charge in [-0.15, -0.1) is 0 Å². The van der Waals surface area contributed by atoms with Gasteiger partial charge in [0.25, 0.3) is 0 Å². The number of phenols is 1. The number of anilines is 1. The molecular weight excluding hydrogens is 250 g/mol. The fourth-order valence-electron chi connectivity index (χ4n) is 1.49. The van der Waals surface area contributed by atoms with Gasteiger partial charge in [-0.1, -0.05) is 17.7 Å². The zero-order valence-electron chi connectivity index (χ0n) is 8.22. The molecule has 0 fully saturated rings. The third-order valence-electron chi connectivity index (χ3n) is 2.23. The summed E-state index contributed by atoms with van der Waals surface area (Å²) < 4.78 is 22.3. The van der Waals surface area contributed by atoms with Gasteiger partial charge in [0.1, 0.15) is 5.75 Å². The molecule has 0 saturated heterocycles. The molecule has 0 aromatic heterocycles. The lowest BCUT2D eigenvalue weighted by Gasteiger charge is -2.12.